The summed E-state index contributed by atoms with van der Waals surface area (Å²) in [6.07, 6.45) is 13.2. The molecule has 20 heteroatoms. The number of thioether (sulfide) groups is 1. The Labute approximate surface area is 544 Å². The first-order valence-electron chi connectivity index (χ1n) is 33.6. The lowest BCUT2D eigenvalue weighted by Gasteiger charge is -2.43. The number of aliphatic hydroxyl groups is 2. The fraction of sp³-hybridized carbons (Fsp3) is 0.676. The molecule has 10 unspecified atom stereocenters. The van der Waals surface area contributed by atoms with Crippen molar-refractivity contribution >= 4 is 58.3 Å². The van der Waals surface area contributed by atoms with E-state index in [1.165, 1.54) is 0 Å². The number of hydrazine groups is 1. The first kappa shape index (κ1) is 74.7. The maximum absolute atomic E-state index is 14.6. The van der Waals surface area contributed by atoms with Crippen LogP contribution in [0.2, 0.25) is 0 Å². The number of fused-ring (bicyclic) bond motifs is 1. The molecule has 91 heavy (non-hydrogen) atoms. The smallest absolute Gasteiger partial charge is 0.323 e. The number of piperidine rings is 1. The number of hydrogen-bond acceptors (Lipinski definition) is 16. The average Bonchev–Trinajstić information content (AvgIpc) is 1.68. The number of carbonyl (C=O) groups is 6. The van der Waals surface area contributed by atoms with Gasteiger partial charge in [0.25, 0.3) is 17.2 Å². The molecule has 506 valence electrons. The van der Waals surface area contributed by atoms with Crippen LogP contribution in [0.1, 0.15) is 197 Å². The number of aryl methyl sites for hydroxylation is 2. The Hall–Kier alpha value is -5.32. The number of Topliss-reactive ketones (excluding diaryl/α,β-unsaturated/α-hetero) is 2. The molecule has 7 N–H and O–H groups in total. The van der Waals surface area contributed by atoms with Crippen molar-refractivity contribution in [2.45, 2.75) is 233 Å². The third kappa shape index (κ3) is 20.8. The number of nitrogens with one attached hydrogen (secondary N) is 5. The lowest BCUT2D eigenvalue weighted by molar-refractivity contribution is -0.285. The predicted octanol–water partition coefficient (Wildman–Crippen LogP) is 10.1. The molecule has 4 heterocycles. The summed E-state index contributed by atoms with van der Waals surface area (Å²) >= 11 is 1.64. The van der Waals surface area contributed by atoms with Gasteiger partial charge in [0, 0.05) is 97.6 Å². The van der Waals surface area contributed by atoms with Crippen molar-refractivity contribution in [3.05, 3.63) is 92.1 Å². The second-order valence-corrected chi connectivity index (χ2v) is 27.8. The number of allylic oxidation sites excluding steroid dienone is 3. The molecule has 2 aliphatic heterocycles. The molecule has 3 aliphatic rings. The number of aliphatic hydroxyl groups excluding tert-OH is 1. The van der Waals surface area contributed by atoms with E-state index >= 15 is 0 Å². The third-order valence-electron chi connectivity index (χ3n) is 19.6. The Morgan fingerprint density at radius 2 is 1.71 bits per heavy atom. The van der Waals surface area contributed by atoms with Crippen molar-refractivity contribution in [2.75, 3.05) is 38.8 Å². The number of rotatable bonds is 36. The van der Waals surface area contributed by atoms with E-state index in [1.54, 1.807) is 32.9 Å². The second kappa shape index (κ2) is 36.4. The van der Waals surface area contributed by atoms with Crippen molar-refractivity contribution in [1.82, 2.24) is 31.0 Å². The van der Waals surface area contributed by atoms with Crippen LogP contribution >= 0.6 is 11.8 Å². The molecular weight excluding hydrogens is 1180 g/mol. The Kier molecular flexibility index (Phi) is 29.9. The van der Waals surface area contributed by atoms with E-state index < -0.39 is 53.7 Å². The van der Waals surface area contributed by atoms with Crippen LogP contribution in [0.3, 0.4) is 0 Å². The molecule has 0 bridgehead atoms. The van der Waals surface area contributed by atoms with Crippen LogP contribution in [0.15, 0.2) is 58.4 Å². The highest BCUT2D eigenvalue weighted by Crippen LogP contribution is 2.38. The normalized spacial score (nSPS) is 23.9. The number of H-pyrrole nitrogens is 1. The maximum atomic E-state index is 14.6. The molecule has 1 aliphatic carbocycles. The number of para-hydroxylation sites is 1. The zero-order valence-corrected chi connectivity index (χ0v) is 57.2. The first-order chi connectivity index (χ1) is 43.4. The lowest BCUT2D eigenvalue weighted by Crippen LogP contribution is -2.57. The van der Waals surface area contributed by atoms with Crippen LogP contribution < -0.4 is 27.0 Å². The SMILES string of the molecule is CCC(CCNNC(=O)CCSCCCC(/C=C(\C)C[C@H](C)CCC1OC(O)(C(=O)C=O)[C@H](C)CC1OC)C(=O)CC(O)C(C)[C@H](OC(=O)C1CCCCN1)/C(C)=C/C1CCCC(OC)C1)[C@H](C)n1c(C)c(C(=O)NCc2c(C)cc(C)[nH]c2=O)c2ccccc21. The summed E-state index contributed by atoms with van der Waals surface area (Å²) in [7, 11) is 3.31. The van der Waals surface area contributed by atoms with E-state index in [4.69, 9.17) is 18.9 Å². The van der Waals surface area contributed by atoms with Crippen molar-refractivity contribution in [2.24, 2.45) is 35.5 Å². The first-order valence-corrected chi connectivity index (χ1v) is 34.7. The standard InChI is InChI=1S/C71H108N6O13S/c1-13-53(50(9)77-51(10)66(56-23-14-15-25-59(56)77)69(84)73-41-57-45(4)36-48(7)75-68(57)83)28-31-74-76-65(82)29-33-91-32-19-21-54(35-44(3)34-43(2)26-27-62-63(88-12)38-47(6)71(86,90-62)64(81)42-78)61(80)40-60(79)49(8)67(89-70(85)58-24-16-17-30-72-58)46(5)37-52-20-18-22-55(39-52)87-11/h14-15,23,25,35-37,42-43,47,49-50,52-55,58,60,62-63,67,72,74,79,86H,13,16-22,24,26-34,38-41H2,1-12H3,(H,73,84)(H,75,83)(H,76,82)/b44-35+,46-37+/t43-,47-,49?,50+,52?,53?,54?,55?,58?,60?,62?,63?,67-,71?/m1/s1. The molecule has 2 aromatic heterocycles. The van der Waals surface area contributed by atoms with Gasteiger partial charge in [-0.25, -0.2) is 5.43 Å². The van der Waals surface area contributed by atoms with Gasteiger partial charge in [-0.1, -0.05) is 82.9 Å². The predicted molar refractivity (Wildman–Crippen MR) is 357 cm³/mol. The Bertz CT molecular complexity index is 3030. The number of carbonyl (C=O) groups excluding carboxylic acids is 6. The van der Waals surface area contributed by atoms with E-state index in [1.807, 2.05) is 78.0 Å². The Balaban J connectivity index is 1.05. The van der Waals surface area contributed by atoms with Crippen molar-refractivity contribution < 1.29 is 57.9 Å². The van der Waals surface area contributed by atoms with Crippen molar-refractivity contribution in [3.63, 3.8) is 0 Å². The Morgan fingerprint density at radius 1 is 0.956 bits per heavy atom. The van der Waals surface area contributed by atoms with Crippen LogP contribution in [0, 0.1) is 56.3 Å². The molecule has 19 nitrogen and oxygen atoms in total. The van der Waals surface area contributed by atoms with E-state index in [2.05, 4.69) is 57.9 Å². The highest BCUT2D eigenvalue weighted by atomic mass is 32.2. The number of esters is 1. The number of aldehydes is 1. The molecule has 3 fully saturated rings. The van der Waals surface area contributed by atoms with Gasteiger partial charge in [0.15, 0.2) is 6.29 Å². The van der Waals surface area contributed by atoms with Gasteiger partial charge < -0.3 is 49.3 Å². The minimum absolute atomic E-state index is 0.0240. The molecule has 6 rings (SSSR count). The highest BCUT2D eigenvalue weighted by Gasteiger charge is 2.51. The molecule has 0 spiro atoms. The Morgan fingerprint density at radius 3 is 2.41 bits per heavy atom. The van der Waals surface area contributed by atoms with E-state index in [-0.39, 0.29) is 84.4 Å². The summed E-state index contributed by atoms with van der Waals surface area (Å²) in [4.78, 5) is 95.0. The number of ketones is 2. The summed E-state index contributed by atoms with van der Waals surface area (Å²) in [6, 6.07) is 9.39. The fourth-order valence-corrected chi connectivity index (χ4v) is 15.1. The zero-order chi connectivity index (χ0) is 66.5. The average molecular weight is 1290 g/mol. The van der Waals surface area contributed by atoms with Gasteiger partial charge in [-0.15, -0.1) is 0 Å². The molecule has 1 saturated carbocycles. The number of aromatic nitrogens is 2. The van der Waals surface area contributed by atoms with Crippen molar-refractivity contribution in [3.8, 4) is 0 Å². The quantitative estimate of drug-likeness (QED) is 0.00713. The largest absolute Gasteiger partial charge is 0.456 e. The van der Waals surface area contributed by atoms with Crippen LogP contribution in [-0.2, 0) is 49.5 Å². The number of aromatic amines is 1. The van der Waals surface area contributed by atoms with Gasteiger partial charge in [-0.3, -0.25) is 39.0 Å². The van der Waals surface area contributed by atoms with Gasteiger partial charge in [0.2, 0.25) is 11.7 Å². The second-order valence-electron chi connectivity index (χ2n) is 26.6. The van der Waals surface area contributed by atoms with Gasteiger partial charge in [-0.05, 0) is 172 Å². The monoisotopic (exact) mass is 1280 g/mol. The van der Waals surface area contributed by atoms with E-state index in [0.717, 1.165) is 96.9 Å². The summed E-state index contributed by atoms with van der Waals surface area (Å²) in [5.41, 5.74) is 12.2. The summed E-state index contributed by atoms with van der Waals surface area (Å²) in [6.45, 7) is 21.0. The minimum atomic E-state index is -2.21. The third-order valence-corrected chi connectivity index (χ3v) is 20.7. The molecule has 3 aromatic rings. The van der Waals surface area contributed by atoms with Crippen LogP contribution in [-0.4, -0.2) is 137 Å². The van der Waals surface area contributed by atoms with E-state index in [9.17, 15) is 43.8 Å². The number of nitrogens with zero attached hydrogens (tertiary/aromatic N) is 1. The zero-order valence-electron chi connectivity index (χ0n) is 56.4. The van der Waals surface area contributed by atoms with E-state index in [0.29, 0.717) is 80.5 Å². The number of amides is 2. The molecule has 2 amide bonds. The van der Waals surface area contributed by atoms with Crippen molar-refractivity contribution in [1.29, 1.82) is 0 Å². The van der Waals surface area contributed by atoms with Crippen LogP contribution in [0.5, 0.6) is 0 Å². The molecule has 14 atom stereocenters. The minimum Gasteiger partial charge on any atom is -0.456 e. The summed E-state index contributed by atoms with van der Waals surface area (Å²) in [5.74, 6) is -3.97. The molecule has 2 saturated heterocycles. The molecule has 1 aromatic carbocycles. The number of methoxy groups -OCH3 is 2. The highest BCUT2D eigenvalue weighted by molar-refractivity contribution is 7.99. The number of hydrogen-bond donors (Lipinski definition) is 7. The van der Waals surface area contributed by atoms with Gasteiger partial charge in [0.1, 0.15) is 17.9 Å². The molecular formula is C71H108N6O13S. The van der Waals surface area contributed by atoms with Gasteiger partial charge in [-0.2, -0.15) is 11.8 Å². The van der Waals surface area contributed by atoms with Crippen LogP contribution in [0.4, 0.5) is 0 Å². The van der Waals surface area contributed by atoms with Gasteiger partial charge in [0.05, 0.1) is 30.0 Å². The molecule has 0 radical (unpaired) electrons. The maximum Gasteiger partial charge on any atom is 0.323 e. The van der Waals surface area contributed by atoms with Crippen LogP contribution in [0.25, 0.3) is 10.9 Å². The lowest BCUT2D eigenvalue weighted by atomic mass is 9.82. The number of benzene rings is 1. The summed E-state index contributed by atoms with van der Waals surface area (Å²) in [5, 5.41) is 30.3. The summed E-state index contributed by atoms with van der Waals surface area (Å²) < 4.78 is 25.9. The number of ether oxygens (including phenoxy) is 4. The van der Waals surface area contributed by atoms with Gasteiger partial charge >= 0.3 is 5.97 Å². The fourth-order valence-electron chi connectivity index (χ4n) is 14.2. The number of pyridine rings is 1. The topological polar surface area (TPSA) is 266 Å².